The molecule has 0 aliphatic heterocycles. The molecule has 0 saturated heterocycles. The number of hydrogen-bond acceptors (Lipinski definition) is 4. The summed E-state index contributed by atoms with van der Waals surface area (Å²) >= 11 is 12.3. The summed E-state index contributed by atoms with van der Waals surface area (Å²) in [6, 6.07) is 11.0. The molecule has 7 nitrogen and oxygen atoms in total. The van der Waals surface area contributed by atoms with Crippen molar-refractivity contribution >= 4 is 50.7 Å². The SMILES string of the molecule is Cc1c(Cl)cccc1N(CC(=O)N(Cc1cccc(Cl)c1)[C@@H](C)C(=O)NCC(C)C)S(C)(=O)=O. The highest BCUT2D eigenvalue weighted by Crippen LogP contribution is 2.28. The van der Waals surface area contributed by atoms with Crippen LogP contribution in [0.1, 0.15) is 31.9 Å². The predicted octanol–water partition coefficient (Wildman–Crippen LogP) is 4.26. The van der Waals surface area contributed by atoms with E-state index in [1.165, 1.54) is 4.90 Å². The van der Waals surface area contributed by atoms with Gasteiger partial charge in [-0.05, 0) is 55.2 Å². The summed E-state index contributed by atoms with van der Waals surface area (Å²) in [5, 5.41) is 3.72. The molecule has 1 N–H and O–H groups in total. The lowest BCUT2D eigenvalue weighted by atomic mass is 10.1. The van der Waals surface area contributed by atoms with Crippen LogP contribution in [0.3, 0.4) is 0 Å². The zero-order chi connectivity index (χ0) is 25.6. The second-order valence-electron chi connectivity index (χ2n) is 8.62. The highest BCUT2D eigenvalue weighted by Gasteiger charge is 2.30. The second kappa shape index (κ2) is 11.9. The second-order valence-corrected chi connectivity index (χ2v) is 11.4. The minimum atomic E-state index is -3.83. The molecule has 0 heterocycles. The van der Waals surface area contributed by atoms with Crippen LogP contribution in [0.2, 0.25) is 10.0 Å². The van der Waals surface area contributed by atoms with E-state index in [0.29, 0.717) is 33.4 Å². The molecule has 0 bridgehead atoms. The van der Waals surface area contributed by atoms with E-state index in [9.17, 15) is 18.0 Å². The van der Waals surface area contributed by atoms with E-state index in [2.05, 4.69) is 5.32 Å². The van der Waals surface area contributed by atoms with Crippen LogP contribution in [0.4, 0.5) is 5.69 Å². The molecule has 0 fully saturated rings. The molecular formula is C24H31Cl2N3O4S. The number of sulfonamides is 1. The molecule has 0 unspecified atom stereocenters. The molecular weight excluding hydrogens is 497 g/mol. The van der Waals surface area contributed by atoms with Crippen molar-refractivity contribution in [3.63, 3.8) is 0 Å². The van der Waals surface area contributed by atoms with Crippen molar-refractivity contribution < 1.29 is 18.0 Å². The summed E-state index contributed by atoms with van der Waals surface area (Å²) in [5.74, 6) is -0.620. The third-order valence-electron chi connectivity index (χ3n) is 5.28. The Labute approximate surface area is 212 Å². The van der Waals surface area contributed by atoms with Gasteiger partial charge in [-0.3, -0.25) is 13.9 Å². The highest BCUT2D eigenvalue weighted by molar-refractivity contribution is 7.92. The summed E-state index contributed by atoms with van der Waals surface area (Å²) in [7, 11) is -3.83. The number of carbonyl (C=O) groups excluding carboxylic acids is 2. The van der Waals surface area contributed by atoms with Crippen LogP contribution < -0.4 is 9.62 Å². The minimum Gasteiger partial charge on any atom is -0.354 e. The Morgan fingerprint density at radius 1 is 1.06 bits per heavy atom. The van der Waals surface area contributed by atoms with E-state index in [1.54, 1.807) is 56.3 Å². The van der Waals surface area contributed by atoms with Crippen molar-refractivity contribution in [1.82, 2.24) is 10.2 Å². The van der Waals surface area contributed by atoms with Gasteiger partial charge in [0.25, 0.3) is 0 Å². The predicted molar refractivity (Wildman–Crippen MR) is 138 cm³/mol. The fourth-order valence-electron chi connectivity index (χ4n) is 3.33. The van der Waals surface area contributed by atoms with Crippen molar-refractivity contribution in [2.24, 2.45) is 5.92 Å². The Morgan fingerprint density at radius 2 is 1.71 bits per heavy atom. The van der Waals surface area contributed by atoms with Gasteiger partial charge in [0, 0.05) is 23.1 Å². The number of amides is 2. The first-order valence-corrected chi connectivity index (χ1v) is 13.5. The summed E-state index contributed by atoms with van der Waals surface area (Å²) in [6.45, 7) is 7.30. The molecule has 2 amide bonds. The van der Waals surface area contributed by atoms with Crippen LogP contribution in [-0.2, 0) is 26.2 Å². The first kappa shape index (κ1) is 28.0. The molecule has 2 aromatic carbocycles. The molecule has 186 valence electrons. The molecule has 0 aromatic heterocycles. The standard InChI is InChI=1S/C24H31Cl2N3O4S/c1-16(2)13-27-24(31)18(4)28(14-19-8-6-9-20(25)12-19)23(30)15-29(34(5,32)33)22-11-7-10-21(26)17(22)3/h6-12,16,18H,13-15H2,1-5H3,(H,27,31)/t18-/m0/s1. The Bertz CT molecular complexity index is 1140. The molecule has 2 aromatic rings. The smallest absolute Gasteiger partial charge is 0.244 e. The summed E-state index contributed by atoms with van der Waals surface area (Å²) in [4.78, 5) is 27.7. The maximum Gasteiger partial charge on any atom is 0.244 e. The number of benzene rings is 2. The van der Waals surface area contributed by atoms with E-state index < -0.39 is 28.5 Å². The molecule has 0 aliphatic rings. The number of halogens is 2. The number of nitrogens with zero attached hydrogens (tertiary/aromatic N) is 2. The monoisotopic (exact) mass is 527 g/mol. The van der Waals surface area contributed by atoms with Crippen molar-refractivity contribution in [3.05, 3.63) is 63.6 Å². The highest BCUT2D eigenvalue weighted by atomic mass is 35.5. The number of rotatable bonds is 10. The molecule has 10 heteroatoms. The van der Waals surface area contributed by atoms with Gasteiger partial charge in [-0.1, -0.05) is 55.2 Å². The van der Waals surface area contributed by atoms with E-state index in [4.69, 9.17) is 23.2 Å². The third-order valence-corrected chi connectivity index (χ3v) is 7.05. The van der Waals surface area contributed by atoms with Crippen LogP contribution in [0.25, 0.3) is 0 Å². The lowest BCUT2D eigenvalue weighted by molar-refractivity contribution is -0.139. The van der Waals surface area contributed by atoms with Crippen molar-refractivity contribution in [1.29, 1.82) is 0 Å². The number of carbonyl (C=O) groups is 2. The summed E-state index contributed by atoms with van der Waals surface area (Å²) in [5.41, 5.74) is 1.56. The van der Waals surface area contributed by atoms with Gasteiger partial charge in [-0.25, -0.2) is 8.42 Å². The Hall–Kier alpha value is -2.29. The van der Waals surface area contributed by atoms with Crippen LogP contribution >= 0.6 is 23.2 Å². The number of nitrogens with one attached hydrogen (secondary N) is 1. The average molecular weight is 529 g/mol. The van der Waals surface area contributed by atoms with Crippen molar-refractivity contribution in [3.8, 4) is 0 Å². The van der Waals surface area contributed by atoms with Gasteiger partial charge in [0.2, 0.25) is 21.8 Å². The fourth-order valence-corrected chi connectivity index (χ4v) is 4.61. The Balaban J connectivity index is 2.41. The summed E-state index contributed by atoms with van der Waals surface area (Å²) < 4.78 is 26.3. The molecule has 0 saturated carbocycles. The first-order valence-electron chi connectivity index (χ1n) is 10.9. The van der Waals surface area contributed by atoms with E-state index in [1.807, 2.05) is 13.8 Å². The molecule has 2 rings (SSSR count). The van der Waals surface area contributed by atoms with Crippen LogP contribution in [0.5, 0.6) is 0 Å². The van der Waals surface area contributed by atoms with E-state index in [-0.39, 0.29) is 18.4 Å². The topological polar surface area (TPSA) is 86.8 Å². The lowest BCUT2D eigenvalue weighted by Crippen LogP contribution is -2.51. The van der Waals surface area contributed by atoms with Crippen LogP contribution in [-0.4, -0.2) is 50.5 Å². The average Bonchev–Trinajstić information content (AvgIpc) is 2.75. The first-order chi connectivity index (χ1) is 15.8. The Morgan fingerprint density at radius 3 is 2.29 bits per heavy atom. The van der Waals surface area contributed by atoms with E-state index >= 15 is 0 Å². The quantitative estimate of drug-likeness (QED) is 0.500. The zero-order valence-corrected chi connectivity index (χ0v) is 22.3. The fraction of sp³-hybridized carbons (Fsp3) is 0.417. The van der Waals surface area contributed by atoms with Gasteiger partial charge in [-0.2, -0.15) is 0 Å². The largest absolute Gasteiger partial charge is 0.354 e. The van der Waals surface area contributed by atoms with Crippen LogP contribution in [0, 0.1) is 12.8 Å². The summed E-state index contributed by atoms with van der Waals surface area (Å²) in [6.07, 6.45) is 1.03. The van der Waals surface area contributed by atoms with Crippen molar-refractivity contribution in [2.45, 2.75) is 40.3 Å². The molecule has 0 aliphatic carbocycles. The number of anilines is 1. The Kier molecular flexibility index (Phi) is 9.79. The number of hydrogen-bond donors (Lipinski definition) is 1. The zero-order valence-electron chi connectivity index (χ0n) is 20.0. The molecule has 1 atom stereocenters. The van der Waals surface area contributed by atoms with Gasteiger partial charge >= 0.3 is 0 Å². The maximum atomic E-state index is 13.5. The van der Waals surface area contributed by atoms with Crippen molar-refractivity contribution in [2.75, 3.05) is 23.7 Å². The normalized spacial score (nSPS) is 12.4. The lowest BCUT2D eigenvalue weighted by Gasteiger charge is -2.32. The minimum absolute atomic E-state index is 0.0851. The maximum absolute atomic E-state index is 13.5. The van der Waals surface area contributed by atoms with Gasteiger partial charge in [0.1, 0.15) is 12.6 Å². The van der Waals surface area contributed by atoms with Gasteiger partial charge < -0.3 is 10.2 Å². The van der Waals surface area contributed by atoms with Gasteiger partial charge in [0.15, 0.2) is 0 Å². The van der Waals surface area contributed by atoms with Gasteiger partial charge in [-0.15, -0.1) is 0 Å². The molecule has 0 spiro atoms. The van der Waals surface area contributed by atoms with Crippen LogP contribution in [0.15, 0.2) is 42.5 Å². The van der Waals surface area contributed by atoms with E-state index in [0.717, 1.165) is 10.6 Å². The molecule has 34 heavy (non-hydrogen) atoms. The molecule has 0 radical (unpaired) electrons. The van der Waals surface area contributed by atoms with Gasteiger partial charge in [0.05, 0.1) is 11.9 Å². The third kappa shape index (κ3) is 7.61.